The van der Waals surface area contributed by atoms with Gasteiger partial charge in [0.25, 0.3) is 11.1 Å². The number of hydrogen-bond acceptors (Lipinski definition) is 4. The molecule has 0 bridgehead atoms. The number of ether oxygens (including phenoxy) is 1. The van der Waals surface area contributed by atoms with Crippen LogP contribution in [0.2, 0.25) is 0 Å². The molecule has 0 saturated carbocycles. The van der Waals surface area contributed by atoms with Crippen LogP contribution in [-0.4, -0.2) is 22.7 Å². The van der Waals surface area contributed by atoms with Crippen LogP contribution in [0.4, 0.5) is 4.79 Å². The second kappa shape index (κ2) is 7.89. The highest BCUT2D eigenvalue weighted by Crippen LogP contribution is 2.33. The van der Waals surface area contributed by atoms with E-state index < -0.39 is 0 Å². The van der Waals surface area contributed by atoms with Crippen molar-refractivity contribution in [2.24, 2.45) is 0 Å². The molecule has 1 saturated heterocycles. The van der Waals surface area contributed by atoms with Gasteiger partial charge in [0, 0.05) is 4.47 Å². The summed E-state index contributed by atoms with van der Waals surface area (Å²) in [5, 5.41) is -0.253. The minimum absolute atomic E-state index is 0.253. The SMILES string of the molecule is CCOc1cccc(/C=C2\SC(=O)N(Cc3cccc(Br)c3)C2=O)c1. The smallest absolute Gasteiger partial charge is 0.293 e. The zero-order valence-electron chi connectivity index (χ0n) is 13.6. The van der Waals surface area contributed by atoms with E-state index in [4.69, 9.17) is 4.74 Å². The molecule has 2 aromatic rings. The van der Waals surface area contributed by atoms with Crippen molar-refractivity contribution in [1.82, 2.24) is 4.90 Å². The van der Waals surface area contributed by atoms with E-state index in [9.17, 15) is 9.59 Å². The third-order valence-electron chi connectivity index (χ3n) is 3.57. The van der Waals surface area contributed by atoms with Gasteiger partial charge in [-0.2, -0.15) is 0 Å². The van der Waals surface area contributed by atoms with Gasteiger partial charge in [-0.05, 0) is 60.2 Å². The van der Waals surface area contributed by atoms with Crippen molar-refractivity contribution in [1.29, 1.82) is 0 Å². The fourth-order valence-electron chi connectivity index (χ4n) is 2.47. The molecule has 2 aromatic carbocycles. The maximum atomic E-state index is 12.6. The molecule has 2 amide bonds. The number of carbonyl (C=O) groups is 2. The Morgan fingerprint density at radius 3 is 2.72 bits per heavy atom. The third kappa shape index (κ3) is 4.32. The van der Waals surface area contributed by atoms with Crippen molar-refractivity contribution < 1.29 is 14.3 Å². The summed E-state index contributed by atoms with van der Waals surface area (Å²) in [7, 11) is 0. The molecule has 1 aliphatic rings. The lowest BCUT2D eigenvalue weighted by atomic mass is 10.2. The monoisotopic (exact) mass is 417 g/mol. The van der Waals surface area contributed by atoms with Crippen LogP contribution in [0.5, 0.6) is 5.75 Å². The van der Waals surface area contributed by atoms with Gasteiger partial charge in [0.1, 0.15) is 5.75 Å². The summed E-state index contributed by atoms with van der Waals surface area (Å²) in [4.78, 5) is 26.5. The molecule has 25 heavy (non-hydrogen) atoms. The fourth-order valence-corrected chi connectivity index (χ4v) is 3.75. The third-order valence-corrected chi connectivity index (χ3v) is 4.97. The van der Waals surface area contributed by atoms with Gasteiger partial charge in [-0.3, -0.25) is 14.5 Å². The Hall–Kier alpha value is -2.05. The first-order chi connectivity index (χ1) is 12.1. The van der Waals surface area contributed by atoms with Crippen molar-refractivity contribution in [3.05, 3.63) is 69.0 Å². The number of nitrogens with zero attached hydrogens (tertiary/aromatic N) is 1. The largest absolute Gasteiger partial charge is 0.494 e. The Morgan fingerprint density at radius 1 is 1.16 bits per heavy atom. The molecular formula is C19H16BrNO3S. The Bertz CT molecular complexity index is 850. The van der Waals surface area contributed by atoms with Crippen LogP contribution >= 0.6 is 27.7 Å². The van der Waals surface area contributed by atoms with Crippen LogP contribution in [0, 0.1) is 0 Å². The standard InChI is InChI=1S/C19H16BrNO3S/c1-2-24-16-8-4-5-13(10-16)11-17-18(22)21(19(23)25-17)12-14-6-3-7-15(20)9-14/h3-11H,2,12H2,1H3/b17-11-. The minimum Gasteiger partial charge on any atom is -0.494 e. The van der Waals surface area contributed by atoms with E-state index in [1.54, 1.807) is 6.08 Å². The number of thioether (sulfide) groups is 1. The molecule has 0 unspecified atom stereocenters. The predicted octanol–water partition coefficient (Wildman–Crippen LogP) is 5.08. The lowest BCUT2D eigenvalue weighted by Gasteiger charge is -2.12. The Morgan fingerprint density at radius 2 is 1.96 bits per heavy atom. The molecule has 0 aromatic heterocycles. The Kier molecular flexibility index (Phi) is 5.60. The van der Waals surface area contributed by atoms with E-state index in [1.807, 2.05) is 55.5 Å². The molecule has 128 valence electrons. The van der Waals surface area contributed by atoms with Crippen molar-refractivity contribution in [2.45, 2.75) is 13.5 Å². The topological polar surface area (TPSA) is 46.6 Å². The molecule has 3 rings (SSSR count). The second-order valence-corrected chi connectivity index (χ2v) is 7.31. The molecule has 1 aliphatic heterocycles. The number of amides is 2. The van der Waals surface area contributed by atoms with Crippen molar-refractivity contribution >= 4 is 44.9 Å². The average Bonchev–Trinajstić information content (AvgIpc) is 2.83. The van der Waals surface area contributed by atoms with Gasteiger partial charge in [0.2, 0.25) is 0 Å². The molecule has 1 fully saturated rings. The normalized spacial score (nSPS) is 15.9. The number of carbonyl (C=O) groups excluding carboxylic acids is 2. The lowest BCUT2D eigenvalue weighted by Crippen LogP contribution is -2.27. The lowest BCUT2D eigenvalue weighted by molar-refractivity contribution is -0.123. The van der Waals surface area contributed by atoms with Crippen LogP contribution < -0.4 is 4.74 Å². The maximum absolute atomic E-state index is 12.6. The summed E-state index contributed by atoms with van der Waals surface area (Å²) in [6.45, 7) is 2.76. The summed E-state index contributed by atoms with van der Waals surface area (Å²) in [5.74, 6) is 0.474. The summed E-state index contributed by atoms with van der Waals surface area (Å²) in [6, 6.07) is 15.0. The van der Waals surface area contributed by atoms with E-state index in [2.05, 4.69) is 15.9 Å². The molecule has 0 atom stereocenters. The minimum atomic E-state index is -0.267. The molecule has 4 nitrogen and oxygen atoms in total. The first-order valence-corrected chi connectivity index (χ1v) is 9.40. The number of imide groups is 1. The van der Waals surface area contributed by atoms with E-state index in [0.717, 1.165) is 33.1 Å². The molecular weight excluding hydrogens is 402 g/mol. The van der Waals surface area contributed by atoms with Crippen molar-refractivity contribution in [3.63, 3.8) is 0 Å². The molecule has 0 aliphatic carbocycles. The van der Waals surface area contributed by atoms with Crippen LogP contribution in [0.3, 0.4) is 0 Å². The molecule has 0 radical (unpaired) electrons. The summed E-state index contributed by atoms with van der Waals surface area (Å²) >= 11 is 4.37. The maximum Gasteiger partial charge on any atom is 0.293 e. The first kappa shape index (κ1) is 17.8. The van der Waals surface area contributed by atoms with Crippen LogP contribution in [0.1, 0.15) is 18.1 Å². The number of hydrogen-bond donors (Lipinski definition) is 0. The van der Waals surface area contributed by atoms with Crippen LogP contribution in [0.25, 0.3) is 6.08 Å². The predicted molar refractivity (Wildman–Crippen MR) is 103 cm³/mol. The van der Waals surface area contributed by atoms with Crippen molar-refractivity contribution in [3.8, 4) is 5.75 Å². The fraction of sp³-hybridized carbons (Fsp3) is 0.158. The number of halogens is 1. The summed E-state index contributed by atoms with van der Waals surface area (Å²) < 4.78 is 6.38. The average molecular weight is 418 g/mol. The number of rotatable bonds is 5. The highest BCUT2D eigenvalue weighted by atomic mass is 79.9. The van der Waals surface area contributed by atoms with Crippen LogP contribution in [-0.2, 0) is 11.3 Å². The van der Waals surface area contributed by atoms with Gasteiger partial charge in [-0.1, -0.05) is 40.2 Å². The molecule has 6 heteroatoms. The van der Waals surface area contributed by atoms with Gasteiger partial charge in [-0.15, -0.1) is 0 Å². The second-order valence-electron chi connectivity index (χ2n) is 5.40. The zero-order valence-corrected chi connectivity index (χ0v) is 16.0. The Labute approximate surface area is 159 Å². The quantitative estimate of drug-likeness (QED) is 0.635. The summed E-state index contributed by atoms with van der Waals surface area (Å²) in [5.41, 5.74) is 1.73. The van der Waals surface area contributed by atoms with Gasteiger partial charge >= 0.3 is 0 Å². The number of benzene rings is 2. The van der Waals surface area contributed by atoms with Crippen LogP contribution in [0.15, 0.2) is 57.9 Å². The van der Waals surface area contributed by atoms with Crippen molar-refractivity contribution in [2.75, 3.05) is 6.61 Å². The van der Waals surface area contributed by atoms with E-state index >= 15 is 0 Å². The van der Waals surface area contributed by atoms with E-state index in [1.165, 1.54) is 4.90 Å². The zero-order chi connectivity index (χ0) is 17.8. The summed E-state index contributed by atoms with van der Waals surface area (Å²) in [6.07, 6.45) is 1.73. The van der Waals surface area contributed by atoms with Gasteiger partial charge in [0.15, 0.2) is 0 Å². The molecule has 1 heterocycles. The molecule has 0 N–H and O–H groups in total. The van der Waals surface area contributed by atoms with Gasteiger partial charge in [0.05, 0.1) is 18.1 Å². The highest BCUT2D eigenvalue weighted by Gasteiger charge is 2.34. The van der Waals surface area contributed by atoms with E-state index in [0.29, 0.717) is 11.5 Å². The highest BCUT2D eigenvalue weighted by molar-refractivity contribution is 9.10. The van der Waals surface area contributed by atoms with Gasteiger partial charge < -0.3 is 4.74 Å². The molecule has 0 spiro atoms. The Balaban J connectivity index is 1.79. The first-order valence-electron chi connectivity index (χ1n) is 7.79. The van der Waals surface area contributed by atoms with E-state index in [-0.39, 0.29) is 17.7 Å². The van der Waals surface area contributed by atoms with Gasteiger partial charge in [-0.25, -0.2) is 0 Å².